The largest absolute Gasteiger partial charge is 0.496 e. The Kier molecular flexibility index (Phi) is 3.73. The van der Waals surface area contributed by atoms with E-state index in [9.17, 15) is 13.2 Å². The fraction of sp³-hybridized carbons (Fsp3) is 0.188. The van der Waals surface area contributed by atoms with E-state index in [1.54, 1.807) is 24.3 Å². The quantitative estimate of drug-likeness (QED) is 0.799. The van der Waals surface area contributed by atoms with E-state index < -0.39 is 21.2 Å². The van der Waals surface area contributed by atoms with E-state index in [1.165, 1.54) is 32.4 Å². The van der Waals surface area contributed by atoms with Crippen LogP contribution < -0.4 is 9.47 Å². The maximum atomic E-state index is 12.8. The number of rotatable bonds is 4. The molecule has 0 bridgehead atoms. The fourth-order valence-corrected chi connectivity index (χ4v) is 4.08. The minimum absolute atomic E-state index is 0.0653. The molecule has 0 saturated heterocycles. The molecule has 0 fully saturated rings. The number of hydrogen-bond donors (Lipinski definition) is 0. The zero-order chi connectivity index (χ0) is 16.6. The highest BCUT2D eigenvalue weighted by Gasteiger charge is 2.45. The second-order valence-corrected chi connectivity index (χ2v) is 6.84. The van der Waals surface area contributed by atoms with Gasteiger partial charge in [-0.2, -0.15) is 0 Å². The molecule has 0 radical (unpaired) electrons. The second kappa shape index (κ2) is 5.58. The molecule has 1 heterocycles. The maximum Gasteiger partial charge on any atom is 0.344 e. The molecular weight excluding hydrogens is 320 g/mol. The Bertz CT molecular complexity index is 858. The van der Waals surface area contributed by atoms with Gasteiger partial charge in [-0.05, 0) is 24.3 Å². The van der Waals surface area contributed by atoms with Crippen LogP contribution in [0.1, 0.15) is 21.4 Å². The van der Waals surface area contributed by atoms with E-state index in [0.29, 0.717) is 0 Å². The molecule has 0 spiro atoms. The first-order chi connectivity index (χ1) is 11.0. The zero-order valence-corrected chi connectivity index (χ0v) is 13.3. The molecule has 2 aromatic rings. The highest BCUT2D eigenvalue weighted by atomic mass is 32.2. The fourth-order valence-electron chi connectivity index (χ4n) is 2.54. The second-order valence-electron chi connectivity index (χ2n) is 4.85. The summed E-state index contributed by atoms with van der Waals surface area (Å²) in [7, 11) is -1.12. The minimum Gasteiger partial charge on any atom is -0.496 e. The lowest BCUT2D eigenvalue weighted by molar-refractivity contribution is 0.0505. The summed E-state index contributed by atoms with van der Waals surface area (Å²) in [5, 5.41) is 0. The van der Waals surface area contributed by atoms with Crippen LogP contribution in [0.4, 0.5) is 0 Å². The van der Waals surface area contributed by atoms with E-state index in [2.05, 4.69) is 0 Å². The maximum absolute atomic E-state index is 12.8. The highest BCUT2D eigenvalue weighted by molar-refractivity contribution is 7.91. The third-order valence-corrected chi connectivity index (χ3v) is 5.44. The molecule has 0 N–H and O–H groups in total. The van der Waals surface area contributed by atoms with E-state index in [1.807, 2.05) is 0 Å². The molecule has 0 saturated carbocycles. The third-order valence-electron chi connectivity index (χ3n) is 3.61. The van der Waals surface area contributed by atoms with Gasteiger partial charge in [0.15, 0.2) is 0 Å². The first kappa shape index (κ1) is 15.4. The van der Waals surface area contributed by atoms with Crippen molar-refractivity contribution in [3.05, 3.63) is 53.6 Å². The lowest BCUT2D eigenvalue weighted by atomic mass is 10.1. The molecule has 120 valence electrons. The zero-order valence-electron chi connectivity index (χ0n) is 12.5. The number of cyclic esters (lactones) is 1. The Labute approximate surface area is 133 Å². The van der Waals surface area contributed by atoms with Crippen molar-refractivity contribution >= 4 is 15.8 Å². The topological polar surface area (TPSA) is 78.9 Å². The van der Waals surface area contributed by atoms with Crippen molar-refractivity contribution in [3.8, 4) is 11.5 Å². The molecule has 2 aromatic carbocycles. The predicted molar refractivity (Wildman–Crippen MR) is 81.3 cm³/mol. The number of esters is 1. The molecule has 6 nitrogen and oxygen atoms in total. The molecule has 0 aliphatic carbocycles. The van der Waals surface area contributed by atoms with E-state index in [4.69, 9.17) is 14.2 Å². The Morgan fingerprint density at radius 2 is 1.57 bits per heavy atom. The summed E-state index contributed by atoms with van der Waals surface area (Å²) in [4.78, 5) is 12.2. The lowest BCUT2D eigenvalue weighted by Gasteiger charge is -2.15. The van der Waals surface area contributed by atoms with Gasteiger partial charge in [0.05, 0.1) is 24.7 Å². The molecule has 23 heavy (non-hydrogen) atoms. The van der Waals surface area contributed by atoms with E-state index in [-0.39, 0.29) is 27.5 Å². The number of ether oxygens (including phenoxy) is 3. The van der Waals surface area contributed by atoms with Crippen LogP contribution in [-0.2, 0) is 14.6 Å². The molecular formula is C16H14O6S. The van der Waals surface area contributed by atoms with Crippen LogP contribution in [0.25, 0.3) is 0 Å². The summed E-state index contributed by atoms with van der Waals surface area (Å²) < 4.78 is 41.2. The van der Waals surface area contributed by atoms with Crippen LogP contribution in [0, 0.1) is 0 Å². The number of sulfone groups is 1. The van der Waals surface area contributed by atoms with Crippen molar-refractivity contribution in [3.63, 3.8) is 0 Å². The number of carbonyl (C=O) groups is 1. The van der Waals surface area contributed by atoms with Gasteiger partial charge in [-0.25, -0.2) is 13.2 Å². The van der Waals surface area contributed by atoms with Gasteiger partial charge in [-0.3, -0.25) is 0 Å². The number of hydrogen-bond acceptors (Lipinski definition) is 6. The Balaban J connectivity index is 2.22. The van der Waals surface area contributed by atoms with Gasteiger partial charge in [0.25, 0.3) is 0 Å². The normalized spacial score (nSPS) is 16.6. The number of fused-ring (bicyclic) bond motifs is 1. The van der Waals surface area contributed by atoms with Gasteiger partial charge < -0.3 is 14.2 Å². The average molecular weight is 334 g/mol. The van der Waals surface area contributed by atoms with Crippen molar-refractivity contribution in [1.82, 2.24) is 0 Å². The summed E-state index contributed by atoms with van der Waals surface area (Å²) in [5.41, 5.74) is -1.21. The number of carbonyl (C=O) groups excluding carboxylic acids is 1. The van der Waals surface area contributed by atoms with Crippen LogP contribution in [0.3, 0.4) is 0 Å². The summed E-state index contributed by atoms with van der Waals surface area (Å²) in [5.74, 6) is -0.243. The van der Waals surface area contributed by atoms with Gasteiger partial charge >= 0.3 is 5.97 Å². The van der Waals surface area contributed by atoms with Crippen LogP contribution >= 0.6 is 0 Å². The van der Waals surface area contributed by atoms with Gasteiger partial charge in [-0.1, -0.05) is 18.2 Å². The van der Waals surface area contributed by atoms with Crippen molar-refractivity contribution in [2.45, 2.75) is 10.3 Å². The SMILES string of the molecule is COc1ccc(OC)c2c1C(=O)OC2S(=O)(=O)c1ccccc1. The Morgan fingerprint density at radius 3 is 2.17 bits per heavy atom. The number of methoxy groups -OCH3 is 2. The van der Waals surface area contributed by atoms with Crippen LogP contribution in [0.2, 0.25) is 0 Å². The number of benzene rings is 2. The first-order valence-electron chi connectivity index (χ1n) is 6.75. The van der Waals surface area contributed by atoms with Gasteiger partial charge in [0.2, 0.25) is 15.3 Å². The summed E-state index contributed by atoms with van der Waals surface area (Å²) >= 11 is 0. The van der Waals surface area contributed by atoms with Crippen molar-refractivity contribution in [1.29, 1.82) is 0 Å². The minimum atomic E-state index is -3.92. The van der Waals surface area contributed by atoms with Crippen molar-refractivity contribution in [2.75, 3.05) is 14.2 Å². The van der Waals surface area contributed by atoms with E-state index >= 15 is 0 Å². The molecule has 0 aromatic heterocycles. The summed E-state index contributed by atoms with van der Waals surface area (Å²) in [6.45, 7) is 0. The summed E-state index contributed by atoms with van der Waals surface area (Å²) in [6, 6.07) is 10.9. The molecule has 7 heteroatoms. The van der Waals surface area contributed by atoms with Crippen molar-refractivity contribution < 1.29 is 27.4 Å². The standard InChI is InChI=1S/C16H14O6S/c1-20-11-8-9-12(21-2)14-13(11)15(17)22-16(14)23(18,19)10-6-4-3-5-7-10/h3-9,16H,1-2H3. The van der Waals surface area contributed by atoms with Gasteiger partial charge in [-0.15, -0.1) is 0 Å². The van der Waals surface area contributed by atoms with Crippen LogP contribution in [0.5, 0.6) is 11.5 Å². The van der Waals surface area contributed by atoms with E-state index in [0.717, 1.165) is 0 Å². The Morgan fingerprint density at radius 1 is 0.957 bits per heavy atom. The molecule has 1 unspecified atom stereocenters. The molecule has 0 amide bonds. The average Bonchev–Trinajstić information content (AvgIpc) is 2.94. The molecule has 3 rings (SSSR count). The molecule has 1 atom stereocenters. The van der Waals surface area contributed by atoms with Gasteiger partial charge in [0.1, 0.15) is 17.1 Å². The third kappa shape index (κ3) is 2.33. The first-order valence-corrected chi connectivity index (χ1v) is 8.30. The molecule has 1 aliphatic heterocycles. The smallest absolute Gasteiger partial charge is 0.344 e. The van der Waals surface area contributed by atoms with Crippen molar-refractivity contribution in [2.24, 2.45) is 0 Å². The Hall–Kier alpha value is -2.54. The highest BCUT2D eigenvalue weighted by Crippen LogP contribution is 2.46. The van der Waals surface area contributed by atoms with Gasteiger partial charge in [0, 0.05) is 0 Å². The predicted octanol–water partition coefficient (Wildman–Crippen LogP) is 2.35. The monoisotopic (exact) mass is 334 g/mol. The van der Waals surface area contributed by atoms with Crippen LogP contribution in [0.15, 0.2) is 47.4 Å². The summed E-state index contributed by atoms with van der Waals surface area (Å²) in [6.07, 6.45) is 0. The van der Waals surface area contributed by atoms with Crippen LogP contribution in [-0.4, -0.2) is 28.6 Å². The lowest BCUT2D eigenvalue weighted by Crippen LogP contribution is -2.14. The molecule has 1 aliphatic rings.